The molecule has 8 heteroatoms. The second-order valence-electron chi connectivity index (χ2n) is 7.20. The lowest BCUT2D eigenvalue weighted by Gasteiger charge is -2.12. The van der Waals surface area contributed by atoms with E-state index in [2.05, 4.69) is 9.97 Å². The van der Waals surface area contributed by atoms with Crippen molar-refractivity contribution in [2.24, 2.45) is 0 Å². The summed E-state index contributed by atoms with van der Waals surface area (Å²) >= 11 is 0. The van der Waals surface area contributed by atoms with Crippen LogP contribution in [0, 0.1) is 6.92 Å². The third kappa shape index (κ3) is 3.28. The molecular formula is C23H19N5O3. The van der Waals surface area contributed by atoms with E-state index in [0.717, 1.165) is 5.56 Å². The van der Waals surface area contributed by atoms with Gasteiger partial charge in [0.25, 0.3) is 17.1 Å². The van der Waals surface area contributed by atoms with Gasteiger partial charge < -0.3 is 8.98 Å². The van der Waals surface area contributed by atoms with Crippen LogP contribution in [0.25, 0.3) is 16.9 Å². The third-order valence-corrected chi connectivity index (χ3v) is 5.29. The number of nitrogens with zero attached hydrogens (tertiary/aromatic N) is 5. The van der Waals surface area contributed by atoms with Crippen LogP contribution in [0.3, 0.4) is 0 Å². The minimum atomic E-state index is -0.275. The first-order valence-electron chi connectivity index (χ1n) is 9.83. The molecule has 0 aliphatic carbocycles. The highest BCUT2D eigenvalue weighted by atomic mass is 16.3. The number of hydrogen-bond acceptors (Lipinski definition) is 5. The predicted molar refractivity (Wildman–Crippen MR) is 115 cm³/mol. The van der Waals surface area contributed by atoms with Crippen molar-refractivity contribution in [2.45, 2.75) is 20.0 Å². The summed E-state index contributed by atoms with van der Waals surface area (Å²) in [7, 11) is 0. The SMILES string of the molecule is Cc1c2c(=O)n(-c3ncccn3)n(Cc3ccccc3)c2cc(=O)n1Cc1ccco1. The van der Waals surface area contributed by atoms with Crippen LogP contribution in [-0.4, -0.2) is 23.9 Å². The lowest BCUT2D eigenvalue weighted by Crippen LogP contribution is -2.24. The van der Waals surface area contributed by atoms with Crippen molar-refractivity contribution in [1.82, 2.24) is 23.9 Å². The zero-order valence-corrected chi connectivity index (χ0v) is 16.8. The molecule has 0 aliphatic heterocycles. The van der Waals surface area contributed by atoms with Crippen LogP contribution in [0.5, 0.6) is 0 Å². The van der Waals surface area contributed by atoms with Crippen LogP contribution in [-0.2, 0) is 13.1 Å². The highest BCUT2D eigenvalue weighted by molar-refractivity contribution is 5.81. The maximum atomic E-state index is 13.6. The Morgan fingerprint density at radius 1 is 0.935 bits per heavy atom. The monoisotopic (exact) mass is 413 g/mol. The molecule has 1 aromatic carbocycles. The summed E-state index contributed by atoms with van der Waals surface area (Å²) in [5.41, 5.74) is 1.61. The summed E-state index contributed by atoms with van der Waals surface area (Å²) in [5.74, 6) is 0.893. The Morgan fingerprint density at radius 2 is 1.71 bits per heavy atom. The first-order valence-corrected chi connectivity index (χ1v) is 9.83. The second-order valence-corrected chi connectivity index (χ2v) is 7.20. The largest absolute Gasteiger partial charge is 0.467 e. The summed E-state index contributed by atoms with van der Waals surface area (Å²) in [6, 6.07) is 16.5. The first-order chi connectivity index (χ1) is 15.1. The van der Waals surface area contributed by atoms with Gasteiger partial charge in [-0.1, -0.05) is 30.3 Å². The van der Waals surface area contributed by atoms with Gasteiger partial charge in [-0.25, -0.2) is 9.97 Å². The quantitative estimate of drug-likeness (QED) is 0.442. The van der Waals surface area contributed by atoms with Crippen LogP contribution >= 0.6 is 0 Å². The molecule has 0 bridgehead atoms. The maximum Gasteiger partial charge on any atom is 0.283 e. The van der Waals surface area contributed by atoms with Gasteiger partial charge in [-0.2, -0.15) is 4.68 Å². The maximum absolute atomic E-state index is 13.6. The van der Waals surface area contributed by atoms with Crippen LogP contribution < -0.4 is 11.1 Å². The third-order valence-electron chi connectivity index (χ3n) is 5.29. The van der Waals surface area contributed by atoms with Crippen molar-refractivity contribution in [1.29, 1.82) is 0 Å². The minimum Gasteiger partial charge on any atom is -0.467 e. The second kappa shape index (κ2) is 7.56. The molecule has 0 saturated carbocycles. The number of benzene rings is 1. The van der Waals surface area contributed by atoms with Gasteiger partial charge in [0.15, 0.2) is 0 Å². The Labute approximate surface area is 176 Å². The number of aryl methyl sites for hydroxylation is 1. The zero-order chi connectivity index (χ0) is 21.4. The fraction of sp³-hybridized carbons (Fsp3) is 0.130. The molecule has 31 heavy (non-hydrogen) atoms. The first kappa shape index (κ1) is 18.8. The number of rotatable bonds is 5. The number of hydrogen-bond donors (Lipinski definition) is 0. The van der Waals surface area contributed by atoms with Gasteiger partial charge in [0.05, 0.1) is 30.3 Å². The van der Waals surface area contributed by atoms with Gasteiger partial charge in [0.2, 0.25) is 0 Å². The highest BCUT2D eigenvalue weighted by Gasteiger charge is 2.21. The molecule has 8 nitrogen and oxygen atoms in total. The fourth-order valence-electron chi connectivity index (χ4n) is 3.81. The molecule has 5 rings (SSSR count). The van der Waals surface area contributed by atoms with Crippen LogP contribution in [0.4, 0.5) is 0 Å². The van der Waals surface area contributed by atoms with E-state index >= 15 is 0 Å². The van der Waals surface area contributed by atoms with Crippen LogP contribution in [0.1, 0.15) is 17.0 Å². The zero-order valence-electron chi connectivity index (χ0n) is 16.8. The molecule has 4 heterocycles. The molecule has 0 atom stereocenters. The topological polar surface area (TPSA) is 87.9 Å². The van der Waals surface area contributed by atoms with Crippen molar-refractivity contribution >= 4 is 10.9 Å². The fourth-order valence-corrected chi connectivity index (χ4v) is 3.81. The lowest BCUT2D eigenvalue weighted by atomic mass is 10.2. The summed E-state index contributed by atoms with van der Waals surface area (Å²) in [6.07, 6.45) is 4.73. The molecule has 0 saturated heterocycles. The van der Waals surface area contributed by atoms with E-state index in [1.54, 1.807) is 53.0 Å². The van der Waals surface area contributed by atoms with Crippen molar-refractivity contribution in [2.75, 3.05) is 0 Å². The molecule has 0 radical (unpaired) electrons. The Balaban J connectivity index is 1.79. The van der Waals surface area contributed by atoms with E-state index in [9.17, 15) is 9.59 Å². The Kier molecular flexibility index (Phi) is 4.59. The van der Waals surface area contributed by atoms with E-state index < -0.39 is 0 Å². The van der Waals surface area contributed by atoms with Gasteiger partial charge in [0, 0.05) is 24.2 Å². The standard InChI is InChI=1S/C23H19N5O3/c1-16-21-19(13-20(29)26(16)15-18-9-5-12-31-18)27(14-17-7-3-2-4-8-17)28(22(21)30)23-24-10-6-11-25-23/h2-13H,14-15H2,1H3. The van der Waals surface area contributed by atoms with Crippen molar-refractivity contribution < 1.29 is 4.42 Å². The molecule has 4 aromatic heterocycles. The van der Waals surface area contributed by atoms with E-state index in [0.29, 0.717) is 28.9 Å². The molecule has 5 aromatic rings. The Hall–Kier alpha value is -4.20. The van der Waals surface area contributed by atoms with Gasteiger partial charge in [-0.3, -0.25) is 14.3 Å². The van der Waals surface area contributed by atoms with E-state index in [4.69, 9.17) is 4.42 Å². The van der Waals surface area contributed by atoms with Crippen LogP contribution in [0.15, 0.2) is 87.3 Å². The summed E-state index contributed by atoms with van der Waals surface area (Å²) in [4.78, 5) is 35.1. The molecule has 0 fully saturated rings. The van der Waals surface area contributed by atoms with E-state index in [-0.39, 0.29) is 23.6 Å². The molecule has 0 aliphatic rings. The lowest BCUT2D eigenvalue weighted by molar-refractivity contribution is 0.487. The van der Waals surface area contributed by atoms with Crippen molar-refractivity contribution in [3.63, 3.8) is 0 Å². The predicted octanol–water partition coefficient (Wildman–Crippen LogP) is 2.74. The number of fused-ring (bicyclic) bond motifs is 1. The van der Waals surface area contributed by atoms with Gasteiger partial charge >= 0.3 is 0 Å². The minimum absolute atomic E-state index is 0.214. The molecule has 0 spiro atoms. The normalized spacial score (nSPS) is 11.3. The van der Waals surface area contributed by atoms with Gasteiger partial charge in [-0.05, 0) is 30.7 Å². The van der Waals surface area contributed by atoms with Crippen molar-refractivity contribution in [3.8, 4) is 5.95 Å². The molecule has 154 valence electrons. The summed E-state index contributed by atoms with van der Waals surface area (Å²) in [6.45, 7) is 2.41. The average molecular weight is 413 g/mol. The summed E-state index contributed by atoms with van der Waals surface area (Å²) in [5, 5.41) is 0.453. The van der Waals surface area contributed by atoms with Gasteiger partial charge in [0.1, 0.15) is 5.76 Å². The van der Waals surface area contributed by atoms with Crippen molar-refractivity contribution in [3.05, 3.63) is 111 Å². The summed E-state index contributed by atoms with van der Waals surface area (Å²) < 4.78 is 10.1. The highest BCUT2D eigenvalue weighted by Crippen LogP contribution is 2.18. The van der Waals surface area contributed by atoms with E-state index in [1.807, 2.05) is 30.3 Å². The smallest absolute Gasteiger partial charge is 0.283 e. The Morgan fingerprint density at radius 3 is 2.42 bits per heavy atom. The number of furan rings is 1. The molecular weight excluding hydrogens is 394 g/mol. The van der Waals surface area contributed by atoms with E-state index in [1.165, 1.54) is 10.7 Å². The number of aromatic nitrogens is 5. The van der Waals surface area contributed by atoms with Gasteiger partial charge in [-0.15, -0.1) is 0 Å². The molecule has 0 amide bonds. The molecule has 0 N–H and O–H groups in total. The van der Waals surface area contributed by atoms with Crippen LogP contribution in [0.2, 0.25) is 0 Å². The average Bonchev–Trinajstić information content (AvgIpc) is 3.39. The number of pyridine rings is 1. The Bertz CT molecular complexity index is 1460. The molecule has 0 unspecified atom stereocenters.